The molecule has 1 aliphatic rings. The van der Waals surface area contributed by atoms with Crippen molar-refractivity contribution in [1.29, 1.82) is 0 Å². The molecule has 4 heterocycles. The molecule has 0 radical (unpaired) electrons. The standard InChI is InChI=1S/C23H26F4N8O3/c1-22(2,3)33-21(37)34-8-14(24)15(9-34)32-19(36)12-5-11(7-29-20(12)38-4)16-6-13(23(25,26)27)17-18(28)30-10-31-35(16)17/h5-7,10,14-15H,8-9H2,1-4H3,(H,32,36)(H,33,37)(H2,28,30,31)/t14-,15+/m0/s1. The van der Waals surface area contributed by atoms with Crippen molar-refractivity contribution in [2.45, 2.75) is 44.7 Å². The van der Waals surface area contributed by atoms with Gasteiger partial charge in [-0.15, -0.1) is 0 Å². The number of likely N-dealkylation sites (tertiary alicyclic amines) is 1. The van der Waals surface area contributed by atoms with E-state index in [1.165, 1.54) is 24.3 Å². The zero-order valence-corrected chi connectivity index (χ0v) is 20.9. The highest BCUT2D eigenvalue weighted by Gasteiger charge is 2.39. The minimum Gasteiger partial charge on any atom is -0.480 e. The Morgan fingerprint density at radius 1 is 1.16 bits per heavy atom. The Balaban J connectivity index is 1.65. The molecule has 0 saturated carbocycles. The number of hydrogen-bond donors (Lipinski definition) is 3. The van der Waals surface area contributed by atoms with E-state index >= 15 is 0 Å². The van der Waals surface area contributed by atoms with Gasteiger partial charge in [0.15, 0.2) is 5.82 Å². The molecular weight excluding hydrogens is 512 g/mol. The third kappa shape index (κ3) is 5.26. The van der Waals surface area contributed by atoms with Gasteiger partial charge in [-0.2, -0.15) is 18.3 Å². The third-order valence-corrected chi connectivity index (χ3v) is 5.81. The summed E-state index contributed by atoms with van der Waals surface area (Å²) in [6, 6.07) is 0.583. The summed E-state index contributed by atoms with van der Waals surface area (Å²) in [6.45, 7) is 5.04. The number of ether oxygens (including phenoxy) is 1. The molecule has 3 amide bonds. The van der Waals surface area contributed by atoms with Crippen LogP contribution in [-0.4, -0.2) is 74.4 Å². The van der Waals surface area contributed by atoms with Crippen LogP contribution in [0.1, 0.15) is 36.7 Å². The number of fused-ring (bicyclic) bond motifs is 1. The van der Waals surface area contributed by atoms with Crippen molar-refractivity contribution in [3.8, 4) is 17.1 Å². The number of nitrogens with zero attached hydrogens (tertiary/aromatic N) is 5. The van der Waals surface area contributed by atoms with E-state index in [0.717, 1.165) is 16.9 Å². The van der Waals surface area contributed by atoms with E-state index in [4.69, 9.17) is 10.5 Å². The first-order valence-corrected chi connectivity index (χ1v) is 11.5. The van der Waals surface area contributed by atoms with Gasteiger partial charge in [-0.05, 0) is 32.9 Å². The number of nitrogens with one attached hydrogen (secondary N) is 2. The minimum atomic E-state index is -4.76. The Morgan fingerprint density at radius 3 is 2.50 bits per heavy atom. The largest absolute Gasteiger partial charge is 0.480 e. The molecule has 1 aliphatic heterocycles. The van der Waals surface area contributed by atoms with Gasteiger partial charge in [0, 0.05) is 23.8 Å². The molecule has 0 spiro atoms. The van der Waals surface area contributed by atoms with Crippen LogP contribution in [0, 0.1) is 0 Å². The normalized spacial score (nSPS) is 18.1. The molecule has 0 aliphatic carbocycles. The monoisotopic (exact) mass is 538 g/mol. The highest BCUT2D eigenvalue weighted by Crippen LogP contribution is 2.39. The summed E-state index contributed by atoms with van der Waals surface area (Å²) in [5.74, 6) is -1.30. The first kappa shape index (κ1) is 26.9. The summed E-state index contributed by atoms with van der Waals surface area (Å²) < 4.78 is 62.0. The number of carbonyl (C=O) groups is 2. The lowest BCUT2D eigenvalue weighted by molar-refractivity contribution is -0.136. The SMILES string of the molecule is COc1ncc(-c2cc(C(F)(F)F)c3c(N)ncnn23)cc1C(=O)N[C@@H]1CN(C(=O)NC(C)(C)C)C[C@@H]1F. The summed E-state index contributed by atoms with van der Waals surface area (Å²) in [5.41, 5.74) is 3.54. The lowest BCUT2D eigenvalue weighted by atomic mass is 10.1. The number of aromatic nitrogens is 4. The Hall–Kier alpha value is -4.17. The fourth-order valence-electron chi connectivity index (χ4n) is 4.12. The summed E-state index contributed by atoms with van der Waals surface area (Å²) in [5, 5.41) is 9.16. The number of anilines is 1. The topological polar surface area (TPSA) is 140 Å². The van der Waals surface area contributed by atoms with Crippen molar-refractivity contribution < 1.29 is 31.9 Å². The predicted octanol–water partition coefficient (Wildman–Crippen LogP) is 2.66. The molecule has 0 aromatic carbocycles. The van der Waals surface area contributed by atoms with Gasteiger partial charge in [0.05, 0.1) is 31.0 Å². The van der Waals surface area contributed by atoms with Gasteiger partial charge in [0.25, 0.3) is 5.91 Å². The minimum absolute atomic E-state index is 0.0557. The fourth-order valence-corrected chi connectivity index (χ4v) is 4.12. The summed E-state index contributed by atoms with van der Waals surface area (Å²) in [7, 11) is 1.26. The van der Waals surface area contributed by atoms with Crippen LogP contribution in [0.25, 0.3) is 16.8 Å². The number of amides is 3. The molecule has 3 aromatic rings. The lowest BCUT2D eigenvalue weighted by Gasteiger charge is -2.25. The van der Waals surface area contributed by atoms with Crippen LogP contribution in [0.3, 0.4) is 0 Å². The highest BCUT2D eigenvalue weighted by atomic mass is 19.4. The summed E-state index contributed by atoms with van der Waals surface area (Å²) in [4.78, 5) is 34.5. The molecule has 38 heavy (non-hydrogen) atoms. The number of methoxy groups -OCH3 is 1. The quantitative estimate of drug-likeness (QED) is 0.434. The Morgan fingerprint density at radius 2 is 1.87 bits per heavy atom. The second kappa shape index (κ2) is 9.61. The zero-order chi connectivity index (χ0) is 28.0. The average molecular weight is 539 g/mol. The number of nitrogens with two attached hydrogens (primary N) is 1. The van der Waals surface area contributed by atoms with E-state index in [1.54, 1.807) is 20.8 Å². The van der Waals surface area contributed by atoms with Gasteiger partial charge in [-0.1, -0.05) is 0 Å². The Kier molecular flexibility index (Phi) is 6.80. The number of pyridine rings is 1. The molecule has 3 aromatic heterocycles. The number of urea groups is 1. The van der Waals surface area contributed by atoms with Crippen molar-refractivity contribution in [2.24, 2.45) is 0 Å². The van der Waals surface area contributed by atoms with E-state index in [1.807, 2.05) is 0 Å². The van der Waals surface area contributed by atoms with Gasteiger partial charge in [-0.3, -0.25) is 4.79 Å². The van der Waals surface area contributed by atoms with E-state index < -0.39 is 46.9 Å². The molecule has 15 heteroatoms. The maximum Gasteiger partial charge on any atom is 0.418 e. The molecule has 0 unspecified atom stereocenters. The molecule has 2 atom stereocenters. The number of nitrogen functional groups attached to an aromatic ring is 1. The smallest absolute Gasteiger partial charge is 0.418 e. The molecule has 11 nitrogen and oxygen atoms in total. The average Bonchev–Trinajstić information content (AvgIpc) is 3.39. The number of hydrogen-bond acceptors (Lipinski definition) is 7. The number of halogens is 4. The van der Waals surface area contributed by atoms with Crippen molar-refractivity contribution in [3.05, 3.63) is 35.8 Å². The van der Waals surface area contributed by atoms with Crippen LogP contribution < -0.4 is 21.1 Å². The third-order valence-electron chi connectivity index (χ3n) is 5.81. The van der Waals surface area contributed by atoms with Gasteiger partial charge in [-0.25, -0.2) is 23.7 Å². The predicted molar refractivity (Wildman–Crippen MR) is 128 cm³/mol. The second-order valence-electron chi connectivity index (χ2n) is 9.81. The van der Waals surface area contributed by atoms with Crippen LogP contribution in [0.15, 0.2) is 24.7 Å². The van der Waals surface area contributed by atoms with Crippen LogP contribution in [-0.2, 0) is 6.18 Å². The second-order valence-corrected chi connectivity index (χ2v) is 9.81. The van der Waals surface area contributed by atoms with Crippen LogP contribution in [0.5, 0.6) is 5.88 Å². The molecule has 0 bridgehead atoms. The Bertz CT molecular complexity index is 1390. The molecule has 4 N–H and O–H groups in total. The molecule has 4 rings (SSSR count). The molecule has 1 saturated heterocycles. The van der Waals surface area contributed by atoms with Crippen molar-refractivity contribution in [1.82, 2.24) is 35.1 Å². The van der Waals surface area contributed by atoms with Crippen molar-refractivity contribution >= 4 is 23.3 Å². The van der Waals surface area contributed by atoms with Crippen molar-refractivity contribution in [2.75, 3.05) is 25.9 Å². The van der Waals surface area contributed by atoms with Crippen LogP contribution >= 0.6 is 0 Å². The summed E-state index contributed by atoms with van der Waals surface area (Å²) >= 11 is 0. The molecule has 204 valence electrons. The highest BCUT2D eigenvalue weighted by molar-refractivity contribution is 5.98. The van der Waals surface area contributed by atoms with Crippen LogP contribution in [0.2, 0.25) is 0 Å². The van der Waals surface area contributed by atoms with E-state index in [2.05, 4.69) is 25.7 Å². The zero-order valence-electron chi connectivity index (χ0n) is 20.9. The fraction of sp³-hybridized carbons (Fsp3) is 0.435. The number of carbonyl (C=O) groups excluding carboxylic acids is 2. The van der Waals surface area contributed by atoms with Gasteiger partial charge in [0.2, 0.25) is 5.88 Å². The number of rotatable bonds is 4. The molecular formula is C23H26F4N8O3. The number of alkyl halides is 4. The maximum absolute atomic E-state index is 14.7. The summed E-state index contributed by atoms with van der Waals surface area (Å²) in [6.07, 6.45) is -4.09. The first-order valence-electron chi connectivity index (χ1n) is 11.5. The van der Waals surface area contributed by atoms with E-state index in [0.29, 0.717) is 0 Å². The van der Waals surface area contributed by atoms with Crippen LogP contribution in [0.4, 0.5) is 28.2 Å². The lowest BCUT2D eigenvalue weighted by Crippen LogP contribution is -2.48. The van der Waals surface area contributed by atoms with E-state index in [9.17, 15) is 27.2 Å². The molecule has 1 fully saturated rings. The Labute approximate surface area is 214 Å². The van der Waals surface area contributed by atoms with E-state index in [-0.39, 0.29) is 41.6 Å². The van der Waals surface area contributed by atoms with Crippen molar-refractivity contribution in [3.63, 3.8) is 0 Å². The van der Waals surface area contributed by atoms with Gasteiger partial charge in [0.1, 0.15) is 23.6 Å². The van der Waals surface area contributed by atoms with Gasteiger partial charge >= 0.3 is 12.2 Å². The maximum atomic E-state index is 14.7. The first-order chi connectivity index (χ1) is 17.7. The van der Waals surface area contributed by atoms with Gasteiger partial charge < -0.3 is 26.0 Å².